The van der Waals surface area contributed by atoms with Gasteiger partial charge in [-0.05, 0) is 61.1 Å². The Hall–Kier alpha value is -3.85. The highest BCUT2D eigenvalue weighted by molar-refractivity contribution is 7.80. The molecule has 1 atom stereocenters. The third-order valence-corrected chi connectivity index (χ3v) is 5.31. The van der Waals surface area contributed by atoms with E-state index >= 15 is 0 Å². The van der Waals surface area contributed by atoms with Gasteiger partial charge in [0.25, 0.3) is 11.8 Å². The number of nitrogens with zero attached hydrogens (tertiary/aromatic N) is 2. The van der Waals surface area contributed by atoms with E-state index in [1.54, 1.807) is 48.0 Å². The second-order valence-corrected chi connectivity index (χ2v) is 7.35. The van der Waals surface area contributed by atoms with Crippen molar-refractivity contribution < 1.29 is 23.9 Å². The first-order valence-corrected chi connectivity index (χ1v) is 9.68. The number of hydrogen-bond acceptors (Lipinski definition) is 4. The van der Waals surface area contributed by atoms with Crippen molar-refractivity contribution in [2.24, 2.45) is 0 Å². The molecule has 1 saturated heterocycles. The number of carboxylic acid groups (broad SMARTS) is 1. The lowest BCUT2D eigenvalue weighted by atomic mass is 10.1. The van der Waals surface area contributed by atoms with E-state index in [1.165, 1.54) is 24.3 Å². The number of benzene rings is 2. The number of hydrogen-bond donors (Lipinski definition) is 2. The van der Waals surface area contributed by atoms with Gasteiger partial charge < -0.3 is 9.67 Å². The molecule has 0 bridgehead atoms. The summed E-state index contributed by atoms with van der Waals surface area (Å²) >= 11 is 5.08. The number of carbonyl (C=O) groups excluding carboxylic acids is 2. The average molecular weight is 437 g/mol. The molecule has 0 unspecified atom stereocenters. The second kappa shape index (κ2) is 7.77. The molecule has 1 fully saturated rings. The van der Waals surface area contributed by atoms with E-state index in [0.717, 1.165) is 10.3 Å². The van der Waals surface area contributed by atoms with Crippen LogP contribution in [0.4, 0.5) is 10.1 Å². The second-order valence-electron chi connectivity index (χ2n) is 6.96. The number of anilines is 1. The lowest BCUT2D eigenvalue weighted by Gasteiger charge is -2.29. The van der Waals surface area contributed by atoms with Crippen LogP contribution in [0.15, 0.2) is 60.3 Å². The Morgan fingerprint density at radius 3 is 2.65 bits per heavy atom. The van der Waals surface area contributed by atoms with Gasteiger partial charge in [-0.25, -0.2) is 14.1 Å². The maximum Gasteiger partial charge on any atom is 0.326 e. The van der Waals surface area contributed by atoms with E-state index in [-0.39, 0.29) is 16.4 Å². The summed E-state index contributed by atoms with van der Waals surface area (Å²) in [6, 6.07) is 11.8. The fourth-order valence-electron chi connectivity index (χ4n) is 3.41. The summed E-state index contributed by atoms with van der Waals surface area (Å²) in [6.45, 7) is 1.57. The molecular formula is C22H16FN3O4S. The monoisotopic (exact) mass is 437 g/mol. The number of carbonyl (C=O) groups is 3. The molecule has 1 aliphatic rings. The normalized spacial score (nSPS) is 16.6. The van der Waals surface area contributed by atoms with E-state index in [2.05, 4.69) is 5.32 Å². The third kappa shape index (κ3) is 3.59. The molecule has 156 valence electrons. The third-order valence-electron chi connectivity index (χ3n) is 5.03. The quantitative estimate of drug-likeness (QED) is 0.371. The van der Waals surface area contributed by atoms with Crippen LogP contribution in [0.1, 0.15) is 18.5 Å². The smallest absolute Gasteiger partial charge is 0.326 e. The van der Waals surface area contributed by atoms with E-state index in [4.69, 9.17) is 12.2 Å². The largest absolute Gasteiger partial charge is 0.480 e. The molecule has 7 nitrogen and oxygen atoms in total. The number of fused-ring (bicyclic) bond motifs is 1. The van der Waals surface area contributed by atoms with E-state index in [9.17, 15) is 23.9 Å². The number of carboxylic acids is 1. The zero-order valence-corrected chi connectivity index (χ0v) is 17.0. The predicted molar refractivity (Wildman–Crippen MR) is 117 cm³/mol. The first-order valence-electron chi connectivity index (χ1n) is 9.27. The molecular weight excluding hydrogens is 421 g/mol. The zero-order valence-electron chi connectivity index (χ0n) is 16.2. The summed E-state index contributed by atoms with van der Waals surface area (Å²) in [5.41, 5.74) is 0.992. The van der Waals surface area contributed by atoms with Gasteiger partial charge >= 0.3 is 5.97 Å². The van der Waals surface area contributed by atoms with Gasteiger partial charge in [0.15, 0.2) is 5.11 Å². The Morgan fingerprint density at radius 2 is 1.94 bits per heavy atom. The molecule has 0 spiro atoms. The minimum Gasteiger partial charge on any atom is -0.480 e. The average Bonchev–Trinajstić information content (AvgIpc) is 3.15. The number of halogens is 1. The van der Waals surface area contributed by atoms with Crippen LogP contribution in [-0.4, -0.2) is 32.6 Å². The Labute approximate surface area is 181 Å². The van der Waals surface area contributed by atoms with Gasteiger partial charge in [0.1, 0.15) is 17.4 Å². The van der Waals surface area contributed by atoms with E-state index in [1.807, 2.05) is 0 Å². The molecule has 0 saturated carbocycles. The molecule has 2 heterocycles. The van der Waals surface area contributed by atoms with Gasteiger partial charge in [0, 0.05) is 17.1 Å². The Bertz CT molecular complexity index is 1300. The van der Waals surface area contributed by atoms with Crippen LogP contribution in [0.25, 0.3) is 17.0 Å². The van der Waals surface area contributed by atoms with E-state index in [0.29, 0.717) is 11.1 Å². The van der Waals surface area contributed by atoms with Crippen molar-refractivity contribution >= 4 is 57.8 Å². The van der Waals surface area contributed by atoms with Crippen molar-refractivity contribution in [2.75, 3.05) is 4.90 Å². The van der Waals surface area contributed by atoms with Gasteiger partial charge in [-0.3, -0.25) is 14.9 Å². The summed E-state index contributed by atoms with van der Waals surface area (Å²) in [5, 5.41) is 12.2. The number of thiocarbonyl (C=S) groups is 1. The summed E-state index contributed by atoms with van der Waals surface area (Å²) in [5.74, 6) is -3.03. The molecule has 1 aliphatic heterocycles. The standard InChI is InChI=1S/C22H16FN3O4S/c1-12(21(29)30)25-9-8-14-10-13(6-7-17(14)25)11-15-19(27)24-22(31)26(20(15)28)18-5-3-2-4-16(18)23/h2-12H,1H3,(H,29,30)(H,24,27,31)/b15-11+/t12-/m1/s1. The molecule has 2 aromatic carbocycles. The maximum absolute atomic E-state index is 14.2. The number of nitrogens with one attached hydrogen (secondary N) is 1. The number of amides is 2. The molecule has 2 N–H and O–H groups in total. The first kappa shape index (κ1) is 20.4. The highest BCUT2D eigenvalue weighted by Gasteiger charge is 2.35. The van der Waals surface area contributed by atoms with Crippen molar-refractivity contribution in [3.63, 3.8) is 0 Å². The Balaban J connectivity index is 1.73. The highest BCUT2D eigenvalue weighted by atomic mass is 32.1. The van der Waals surface area contributed by atoms with Crippen molar-refractivity contribution in [3.8, 4) is 0 Å². The molecule has 2 amide bonds. The lowest BCUT2D eigenvalue weighted by molar-refractivity contribution is -0.140. The first-order chi connectivity index (χ1) is 14.8. The SMILES string of the molecule is C[C@H](C(=O)O)n1ccc2cc(/C=C3\C(=O)NC(=S)N(c4ccccc4F)C3=O)ccc21. The van der Waals surface area contributed by atoms with Crippen molar-refractivity contribution in [1.82, 2.24) is 9.88 Å². The number of rotatable bonds is 4. The van der Waals surface area contributed by atoms with Crippen LogP contribution in [0, 0.1) is 5.82 Å². The summed E-state index contributed by atoms with van der Waals surface area (Å²) in [4.78, 5) is 37.7. The van der Waals surface area contributed by atoms with Crippen LogP contribution in [0.2, 0.25) is 0 Å². The van der Waals surface area contributed by atoms with Crippen molar-refractivity contribution in [1.29, 1.82) is 0 Å². The van der Waals surface area contributed by atoms with Gasteiger partial charge in [0.2, 0.25) is 0 Å². The molecule has 31 heavy (non-hydrogen) atoms. The molecule has 3 aromatic rings. The zero-order chi connectivity index (χ0) is 22.3. The number of aromatic nitrogens is 1. The van der Waals surface area contributed by atoms with Crippen LogP contribution < -0.4 is 10.2 Å². The Morgan fingerprint density at radius 1 is 1.19 bits per heavy atom. The number of para-hydroxylation sites is 1. The predicted octanol–water partition coefficient (Wildman–Crippen LogP) is 3.26. The van der Waals surface area contributed by atoms with E-state index < -0.39 is 29.6 Å². The Kier molecular flexibility index (Phi) is 5.12. The molecule has 0 aliphatic carbocycles. The van der Waals surface area contributed by atoms with Gasteiger partial charge in [0.05, 0.1) is 5.69 Å². The van der Waals surface area contributed by atoms with Crippen LogP contribution >= 0.6 is 12.2 Å². The van der Waals surface area contributed by atoms with Gasteiger partial charge in [-0.15, -0.1) is 0 Å². The summed E-state index contributed by atoms with van der Waals surface area (Å²) < 4.78 is 15.9. The fraction of sp³-hybridized carbons (Fsp3) is 0.0909. The molecule has 9 heteroatoms. The van der Waals surface area contributed by atoms with Crippen LogP contribution in [0.5, 0.6) is 0 Å². The maximum atomic E-state index is 14.2. The lowest BCUT2D eigenvalue weighted by Crippen LogP contribution is -2.54. The van der Waals surface area contributed by atoms with Crippen LogP contribution in [-0.2, 0) is 14.4 Å². The highest BCUT2D eigenvalue weighted by Crippen LogP contribution is 2.26. The summed E-state index contributed by atoms with van der Waals surface area (Å²) in [6.07, 6.45) is 3.06. The summed E-state index contributed by atoms with van der Waals surface area (Å²) in [7, 11) is 0. The van der Waals surface area contributed by atoms with Crippen molar-refractivity contribution in [2.45, 2.75) is 13.0 Å². The van der Waals surface area contributed by atoms with Crippen molar-refractivity contribution in [3.05, 3.63) is 71.7 Å². The minimum atomic E-state index is -0.961. The molecule has 1 aromatic heterocycles. The van der Waals surface area contributed by atoms with Gasteiger partial charge in [-0.1, -0.05) is 18.2 Å². The fourth-order valence-corrected chi connectivity index (χ4v) is 3.68. The molecule has 4 rings (SSSR count). The molecule has 0 radical (unpaired) electrons. The number of aliphatic carboxylic acids is 1. The van der Waals surface area contributed by atoms with Crippen LogP contribution in [0.3, 0.4) is 0 Å². The van der Waals surface area contributed by atoms with Gasteiger partial charge in [-0.2, -0.15) is 0 Å². The minimum absolute atomic E-state index is 0.0569. The topological polar surface area (TPSA) is 91.6 Å².